The van der Waals surface area contributed by atoms with Gasteiger partial charge in [-0.1, -0.05) is 36.4 Å². The van der Waals surface area contributed by atoms with Gasteiger partial charge in [0.05, 0.1) is 5.39 Å². The minimum atomic E-state index is -0.0385. The number of benzene rings is 2. The Bertz CT molecular complexity index is 862. The molecule has 18 heavy (non-hydrogen) atoms. The van der Waals surface area contributed by atoms with Gasteiger partial charge in [0.2, 0.25) is 0 Å². The lowest BCUT2D eigenvalue weighted by atomic mass is 10.0. The first-order chi connectivity index (χ1) is 8.77. The van der Waals surface area contributed by atoms with Crippen LogP contribution in [0.4, 0.5) is 0 Å². The fourth-order valence-electron chi connectivity index (χ4n) is 2.74. The van der Waals surface area contributed by atoms with Crippen molar-refractivity contribution in [1.82, 2.24) is 9.78 Å². The van der Waals surface area contributed by atoms with E-state index in [9.17, 15) is 4.79 Å². The largest absolute Gasteiger partial charge is 0.274 e. The van der Waals surface area contributed by atoms with Crippen molar-refractivity contribution in [2.24, 2.45) is 7.05 Å². The maximum absolute atomic E-state index is 12.1. The highest BCUT2D eigenvalue weighted by Gasteiger charge is 2.23. The molecule has 0 saturated carbocycles. The van der Waals surface area contributed by atoms with E-state index in [2.05, 4.69) is 23.3 Å². The van der Waals surface area contributed by atoms with Crippen LogP contribution in [-0.2, 0) is 7.05 Å². The molecule has 86 valence electrons. The SMILES string of the molecule is Cn1nc2c3c(cccc3c1=O)-c1ccccc1-2. The van der Waals surface area contributed by atoms with E-state index in [1.807, 2.05) is 24.3 Å². The van der Waals surface area contributed by atoms with E-state index in [1.165, 1.54) is 4.68 Å². The van der Waals surface area contributed by atoms with E-state index in [0.717, 1.165) is 33.2 Å². The average molecular weight is 234 g/mol. The highest BCUT2D eigenvalue weighted by atomic mass is 16.1. The minimum absolute atomic E-state index is 0.0385. The quantitative estimate of drug-likeness (QED) is 0.468. The van der Waals surface area contributed by atoms with Crippen LogP contribution in [0.1, 0.15) is 0 Å². The van der Waals surface area contributed by atoms with Crippen LogP contribution in [0, 0.1) is 0 Å². The Balaban J connectivity index is 2.34. The first-order valence-corrected chi connectivity index (χ1v) is 5.87. The molecule has 0 fully saturated rings. The summed E-state index contributed by atoms with van der Waals surface area (Å²) < 4.78 is 1.42. The van der Waals surface area contributed by atoms with Gasteiger partial charge in [0.25, 0.3) is 5.56 Å². The van der Waals surface area contributed by atoms with E-state index < -0.39 is 0 Å². The Hall–Kier alpha value is -2.42. The Labute approximate surface area is 103 Å². The summed E-state index contributed by atoms with van der Waals surface area (Å²) in [5, 5.41) is 6.15. The standard InChI is InChI=1S/C15H10N2O/c1-17-15(18)12-8-4-7-10-9-5-2-3-6-11(9)14(16-17)13(10)12/h2-8H,1H3. The van der Waals surface area contributed by atoms with Crippen LogP contribution in [0.5, 0.6) is 0 Å². The third kappa shape index (κ3) is 0.991. The Morgan fingerprint density at radius 2 is 1.67 bits per heavy atom. The van der Waals surface area contributed by atoms with Gasteiger partial charge in [-0.2, -0.15) is 5.10 Å². The van der Waals surface area contributed by atoms with E-state index in [-0.39, 0.29) is 5.56 Å². The molecule has 0 unspecified atom stereocenters. The molecule has 3 aromatic rings. The molecule has 0 aliphatic heterocycles. The molecule has 0 saturated heterocycles. The van der Waals surface area contributed by atoms with Crippen LogP contribution in [-0.4, -0.2) is 9.78 Å². The molecule has 0 N–H and O–H groups in total. The number of rotatable bonds is 0. The van der Waals surface area contributed by atoms with E-state index >= 15 is 0 Å². The molecule has 0 atom stereocenters. The van der Waals surface area contributed by atoms with Crippen LogP contribution in [0.25, 0.3) is 33.2 Å². The topological polar surface area (TPSA) is 34.9 Å². The third-order valence-electron chi connectivity index (χ3n) is 3.55. The normalized spacial score (nSPS) is 11.8. The zero-order chi connectivity index (χ0) is 12.3. The molecule has 0 spiro atoms. The van der Waals surface area contributed by atoms with Gasteiger partial charge in [-0.25, -0.2) is 4.68 Å². The molecule has 1 heterocycles. The summed E-state index contributed by atoms with van der Waals surface area (Å²) in [4.78, 5) is 12.1. The van der Waals surface area contributed by atoms with Crippen molar-refractivity contribution in [1.29, 1.82) is 0 Å². The van der Waals surface area contributed by atoms with Crippen LogP contribution in [0.15, 0.2) is 47.3 Å². The molecule has 3 heteroatoms. The number of hydrogen-bond acceptors (Lipinski definition) is 2. The lowest BCUT2D eigenvalue weighted by molar-refractivity contribution is 0.723. The first-order valence-electron chi connectivity index (χ1n) is 5.87. The van der Waals surface area contributed by atoms with Gasteiger partial charge in [0.1, 0.15) is 5.69 Å². The summed E-state index contributed by atoms with van der Waals surface area (Å²) in [6.45, 7) is 0. The Kier molecular flexibility index (Phi) is 1.64. The third-order valence-corrected chi connectivity index (χ3v) is 3.55. The Morgan fingerprint density at radius 1 is 0.944 bits per heavy atom. The molecule has 1 aliphatic rings. The zero-order valence-corrected chi connectivity index (χ0v) is 9.84. The van der Waals surface area contributed by atoms with Gasteiger partial charge in [0, 0.05) is 18.0 Å². The molecule has 2 aromatic carbocycles. The second-order valence-corrected chi connectivity index (χ2v) is 4.55. The lowest BCUT2D eigenvalue weighted by Crippen LogP contribution is -2.19. The summed E-state index contributed by atoms with van der Waals surface area (Å²) in [5.41, 5.74) is 4.26. The van der Waals surface area contributed by atoms with Gasteiger partial charge in [-0.3, -0.25) is 4.79 Å². The molecule has 1 aromatic heterocycles. The highest BCUT2D eigenvalue weighted by Crippen LogP contribution is 2.44. The first kappa shape index (κ1) is 9.59. The summed E-state index contributed by atoms with van der Waals surface area (Å²) in [7, 11) is 1.70. The fraction of sp³-hybridized carbons (Fsp3) is 0.0667. The molecule has 0 bridgehead atoms. The van der Waals surface area contributed by atoms with Gasteiger partial charge in [0.15, 0.2) is 0 Å². The predicted molar refractivity (Wildman–Crippen MR) is 71.4 cm³/mol. The van der Waals surface area contributed by atoms with Crippen molar-refractivity contribution in [3.05, 3.63) is 52.8 Å². The van der Waals surface area contributed by atoms with Crippen molar-refractivity contribution >= 4 is 10.8 Å². The van der Waals surface area contributed by atoms with Gasteiger partial charge >= 0.3 is 0 Å². The van der Waals surface area contributed by atoms with Crippen LogP contribution in [0.3, 0.4) is 0 Å². The molecule has 0 amide bonds. The number of hydrogen-bond donors (Lipinski definition) is 0. The molecule has 1 aliphatic carbocycles. The monoisotopic (exact) mass is 234 g/mol. The van der Waals surface area contributed by atoms with Crippen LogP contribution in [0.2, 0.25) is 0 Å². The van der Waals surface area contributed by atoms with E-state index in [4.69, 9.17) is 0 Å². The summed E-state index contributed by atoms with van der Waals surface area (Å²) in [5.74, 6) is 0. The smallest absolute Gasteiger partial charge is 0.267 e. The number of aromatic nitrogens is 2. The minimum Gasteiger partial charge on any atom is -0.267 e. The highest BCUT2D eigenvalue weighted by molar-refractivity contribution is 6.13. The molecule has 3 nitrogen and oxygen atoms in total. The van der Waals surface area contributed by atoms with E-state index in [0.29, 0.717) is 0 Å². The summed E-state index contributed by atoms with van der Waals surface area (Å²) >= 11 is 0. The van der Waals surface area contributed by atoms with Crippen molar-refractivity contribution in [2.45, 2.75) is 0 Å². The molecular weight excluding hydrogens is 224 g/mol. The van der Waals surface area contributed by atoms with E-state index in [1.54, 1.807) is 7.05 Å². The molecule has 4 rings (SSSR count). The lowest BCUT2D eigenvalue weighted by Gasteiger charge is -2.03. The van der Waals surface area contributed by atoms with Crippen LogP contribution < -0.4 is 5.56 Å². The summed E-state index contributed by atoms with van der Waals surface area (Å²) in [6, 6.07) is 14.0. The van der Waals surface area contributed by atoms with Gasteiger partial charge in [-0.05, 0) is 17.2 Å². The Morgan fingerprint density at radius 3 is 2.50 bits per heavy atom. The van der Waals surface area contributed by atoms with Crippen molar-refractivity contribution in [3.63, 3.8) is 0 Å². The van der Waals surface area contributed by atoms with Crippen molar-refractivity contribution in [2.75, 3.05) is 0 Å². The number of fused-ring (bicyclic) bond motifs is 3. The van der Waals surface area contributed by atoms with Crippen molar-refractivity contribution < 1.29 is 0 Å². The molecular formula is C15H10N2O. The summed E-state index contributed by atoms with van der Waals surface area (Å²) in [6.07, 6.45) is 0. The number of nitrogens with zero attached hydrogens (tertiary/aromatic N) is 2. The maximum atomic E-state index is 12.1. The second-order valence-electron chi connectivity index (χ2n) is 4.55. The average Bonchev–Trinajstić information content (AvgIpc) is 2.72. The predicted octanol–water partition coefficient (Wildman–Crippen LogP) is 2.58. The van der Waals surface area contributed by atoms with Crippen molar-refractivity contribution in [3.8, 4) is 22.4 Å². The fourth-order valence-corrected chi connectivity index (χ4v) is 2.74. The number of aryl methyl sites for hydroxylation is 1. The van der Waals surface area contributed by atoms with Gasteiger partial charge in [-0.15, -0.1) is 0 Å². The molecule has 0 radical (unpaired) electrons. The zero-order valence-electron chi connectivity index (χ0n) is 9.84. The van der Waals surface area contributed by atoms with Gasteiger partial charge < -0.3 is 0 Å². The maximum Gasteiger partial charge on any atom is 0.274 e. The second kappa shape index (κ2) is 3.07. The van der Waals surface area contributed by atoms with Crippen LogP contribution >= 0.6 is 0 Å².